The van der Waals surface area contributed by atoms with E-state index < -0.39 is 6.10 Å². The third-order valence-electron chi connectivity index (χ3n) is 2.79. The number of aliphatic hydroxyl groups is 1. The molecule has 4 nitrogen and oxygen atoms in total. The van der Waals surface area contributed by atoms with Crippen molar-refractivity contribution in [2.75, 3.05) is 0 Å². The maximum Gasteiger partial charge on any atom is 0.224 e. The van der Waals surface area contributed by atoms with E-state index in [2.05, 4.69) is 5.32 Å². The third kappa shape index (κ3) is 4.85. The van der Waals surface area contributed by atoms with Gasteiger partial charge in [0.05, 0.1) is 12.5 Å². The number of carbonyl (C=O) groups excluding carboxylic acids is 1. The second-order valence-corrected chi connectivity index (χ2v) is 4.70. The van der Waals surface area contributed by atoms with Gasteiger partial charge in [-0.25, -0.2) is 0 Å². The minimum Gasteiger partial charge on any atom is -0.393 e. The summed E-state index contributed by atoms with van der Waals surface area (Å²) in [5.74, 6) is -0.0379. The minimum absolute atomic E-state index is 0.0254. The first-order chi connectivity index (χ1) is 8.52. The predicted octanol–water partition coefficient (Wildman–Crippen LogP) is 0.963. The number of hydrogen-bond acceptors (Lipinski definition) is 3. The molecule has 2 unspecified atom stereocenters. The van der Waals surface area contributed by atoms with Crippen molar-refractivity contribution < 1.29 is 9.90 Å². The highest BCUT2D eigenvalue weighted by Gasteiger charge is 2.11. The Balaban J connectivity index is 2.54. The van der Waals surface area contributed by atoms with Gasteiger partial charge in [-0.3, -0.25) is 4.79 Å². The lowest BCUT2D eigenvalue weighted by molar-refractivity contribution is -0.121. The zero-order chi connectivity index (χ0) is 13.5. The van der Waals surface area contributed by atoms with Crippen molar-refractivity contribution in [1.29, 1.82) is 0 Å². The predicted molar refractivity (Wildman–Crippen MR) is 71.9 cm³/mol. The molecule has 0 aliphatic heterocycles. The minimum atomic E-state index is -0.406. The van der Waals surface area contributed by atoms with E-state index in [0.717, 1.165) is 11.1 Å². The van der Waals surface area contributed by atoms with Crippen molar-refractivity contribution in [1.82, 2.24) is 5.32 Å². The molecule has 2 atom stereocenters. The summed E-state index contributed by atoms with van der Waals surface area (Å²) >= 11 is 0. The average Bonchev–Trinajstić information content (AvgIpc) is 2.28. The van der Waals surface area contributed by atoms with Crippen LogP contribution in [0.3, 0.4) is 0 Å². The summed E-state index contributed by atoms with van der Waals surface area (Å²) in [4.78, 5) is 11.8. The van der Waals surface area contributed by atoms with E-state index in [1.165, 1.54) is 0 Å². The number of aliphatic hydroxyl groups excluding tert-OH is 1. The second kappa shape index (κ2) is 7.13. The molecule has 0 fully saturated rings. The number of rotatable bonds is 6. The van der Waals surface area contributed by atoms with Gasteiger partial charge >= 0.3 is 0 Å². The van der Waals surface area contributed by atoms with Gasteiger partial charge in [-0.1, -0.05) is 24.3 Å². The zero-order valence-corrected chi connectivity index (χ0v) is 11.0. The van der Waals surface area contributed by atoms with Crippen LogP contribution in [0.1, 0.15) is 31.4 Å². The molecule has 0 bridgehead atoms. The van der Waals surface area contributed by atoms with Crippen LogP contribution in [0.2, 0.25) is 0 Å². The van der Waals surface area contributed by atoms with E-state index in [1.807, 2.05) is 31.2 Å². The summed E-state index contributed by atoms with van der Waals surface area (Å²) in [6, 6.07) is 7.64. The number of nitrogens with two attached hydrogens (primary N) is 1. The Morgan fingerprint density at radius 2 is 1.94 bits per heavy atom. The summed E-state index contributed by atoms with van der Waals surface area (Å²) in [5.41, 5.74) is 7.58. The van der Waals surface area contributed by atoms with E-state index in [9.17, 15) is 9.90 Å². The van der Waals surface area contributed by atoms with Crippen LogP contribution in [0.5, 0.6) is 0 Å². The summed E-state index contributed by atoms with van der Waals surface area (Å²) in [7, 11) is 0. The van der Waals surface area contributed by atoms with Crippen LogP contribution in [0.25, 0.3) is 0 Å². The van der Waals surface area contributed by atoms with Crippen LogP contribution in [-0.4, -0.2) is 23.2 Å². The summed E-state index contributed by atoms with van der Waals surface area (Å²) in [5, 5.41) is 12.1. The molecule has 4 heteroatoms. The lowest BCUT2D eigenvalue weighted by Crippen LogP contribution is -2.35. The lowest BCUT2D eigenvalue weighted by atomic mass is 10.0. The van der Waals surface area contributed by atoms with Crippen molar-refractivity contribution in [3.63, 3.8) is 0 Å². The van der Waals surface area contributed by atoms with Gasteiger partial charge in [0, 0.05) is 12.6 Å². The number of amides is 1. The molecular weight excluding hydrogens is 228 g/mol. The fraction of sp³-hybridized carbons (Fsp3) is 0.500. The van der Waals surface area contributed by atoms with Crippen LogP contribution in [0, 0.1) is 0 Å². The van der Waals surface area contributed by atoms with Gasteiger partial charge in [0.2, 0.25) is 5.91 Å². The van der Waals surface area contributed by atoms with Gasteiger partial charge in [0.1, 0.15) is 0 Å². The highest BCUT2D eigenvalue weighted by molar-refractivity contribution is 5.79. The molecule has 0 saturated heterocycles. The van der Waals surface area contributed by atoms with Crippen molar-refractivity contribution in [2.24, 2.45) is 5.73 Å². The van der Waals surface area contributed by atoms with E-state index >= 15 is 0 Å². The highest BCUT2D eigenvalue weighted by atomic mass is 16.3. The quantitative estimate of drug-likeness (QED) is 0.704. The van der Waals surface area contributed by atoms with E-state index in [1.54, 1.807) is 6.92 Å². The van der Waals surface area contributed by atoms with Gasteiger partial charge in [0.15, 0.2) is 0 Å². The monoisotopic (exact) mass is 250 g/mol. The third-order valence-corrected chi connectivity index (χ3v) is 2.79. The molecule has 4 N–H and O–H groups in total. The molecule has 0 heterocycles. The molecule has 0 aliphatic carbocycles. The first kappa shape index (κ1) is 14.7. The Bertz CT molecular complexity index is 391. The molecule has 0 saturated carbocycles. The van der Waals surface area contributed by atoms with Gasteiger partial charge in [0.25, 0.3) is 0 Å². The molecule has 0 aliphatic rings. The fourth-order valence-corrected chi connectivity index (χ4v) is 2.00. The van der Waals surface area contributed by atoms with E-state index in [-0.39, 0.29) is 11.9 Å². The van der Waals surface area contributed by atoms with Crippen LogP contribution < -0.4 is 11.1 Å². The first-order valence-corrected chi connectivity index (χ1v) is 6.27. The molecule has 1 amide bonds. The summed E-state index contributed by atoms with van der Waals surface area (Å²) < 4.78 is 0. The summed E-state index contributed by atoms with van der Waals surface area (Å²) in [6.45, 7) is 4.04. The number of carbonyl (C=O) groups is 1. The van der Waals surface area contributed by atoms with Crippen LogP contribution >= 0.6 is 0 Å². The Labute approximate surface area is 108 Å². The van der Waals surface area contributed by atoms with E-state index in [4.69, 9.17) is 5.73 Å². The van der Waals surface area contributed by atoms with Gasteiger partial charge in [-0.15, -0.1) is 0 Å². The molecule has 18 heavy (non-hydrogen) atoms. The maximum atomic E-state index is 11.8. The van der Waals surface area contributed by atoms with Crippen molar-refractivity contribution in [2.45, 2.75) is 45.4 Å². The first-order valence-electron chi connectivity index (χ1n) is 6.27. The van der Waals surface area contributed by atoms with Crippen molar-refractivity contribution in [3.8, 4) is 0 Å². The largest absolute Gasteiger partial charge is 0.393 e. The fourth-order valence-electron chi connectivity index (χ4n) is 2.00. The standard InChI is InChI=1S/C14H22N2O2/c1-10(7-11(2)17)16-14(18)8-12-5-3-4-6-13(12)9-15/h3-6,10-11,17H,7-9,15H2,1-2H3,(H,16,18). The topological polar surface area (TPSA) is 75.3 Å². The van der Waals surface area contributed by atoms with Gasteiger partial charge < -0.3 is 16.2 Å². The molecule has 0 spiro atoms. The molecule has 0 aromatic heterocycles. The number of benzene rings is 1. The lowest BCUT2D eigenvalue weighted by Gasteiger charge is -2.16. The van der Waals surface area contributed by atoms with Crippen LogP contribution in [-0.2, 0) is 17.8 Å². The van der Waals surface area contributed by atoms with Gasteiger partial charge in [-0.2, -0.15) is 0 Å². The zero-order valence-electron chi connectivity index (χ0n) is 11.0. The maximum absolute atomic E-state index is 11.8. The number of hydrogen-bond donors (Lipinski definition) is 3. The molecule has 0 radical (unpaired) electrons. The molecule has 1 aromatic carbocycles. The van der Waals surface area contributed by atoms with Crippen LogP contribution in [0.4, 0.5) is 0 Å². The smallest absolute Gasteiger partial charge is 0.224 e. The molecular formula is C14H22N2O2. The Kier molecular flexibility index (Phi) is 5.82. The van der Waals surface area contributed by atoms with Crippen molar-refractivity contribution in [3.05, 3.63) is 35.4 Å². The molecule has 1 aromatic rings. The Hall–Kier alpha value is -1.39. The summed E-state index contributed by atoms with van der Waals surface area (Å²) in [6.07, 6.45) is 0.485. The van der Waals surface area contributed by atoms with Crippen molar-refractivity contribution >= 4 is 5.91 Å². The molecule has 100 valence electrons. The SMILES string of the molecule is CC(O)CC(C)NC(=O)Cc1ccccc1CN. The number of nitrogens with one attached hydrogen (secondary N) is 1. The Morgan fingerprint density at radius 1 is 1.33 bits per heavy atom. The van der Waals surface area contributed by atoms with Gasteiger partial charge in [-0.05, 0) is 31.4 Å². The average molecular weight is 250 g/mol. The molecule has 1 rings (SSSR count). The highest BCUT2D eigenvalue weighted by Crippen LogP contribution is 2.09. The normalized spacial score (nSPS) is 14.0. The Morgan fingerprint density at radius 3 is 2.50 bits per heavy atom. The van der Waals surface area contributed by atoms with Crippen LogP contribution in [0.15, 0.2) is 24.3 Å². The van der Waals surface area contributed by atoms with E-state index in [0.29, 0.717) is 19.4 Å². The second-order valence-electron chi connectivity index (χ2n) is 4.70.